The summed E-state index contributed by atoms with van der Waals surface area (Å²) in [6.07, 6.45) is 3.59. The van der Waals surface area contributed by atoms with E-state index in [1.165, 1.54) is 0 Å². The molecule has 0 bridgehead atoms. The summed E-state index contributed by atoms with van der Waals surface area (Å²) < 4.78 is 11.3. The molecular formula is C25H34N4O6. The molecule has 2 fully saturated rings. The molecule has 1 atom stereocenters. The molecule has 1 unspecified atom stereocenters. The van der Waals surface area contributed by atoms with Gasteiger partial charge in [0.1, 0.15) is 6.04 Å². The third-order valence-corrected chi connectivity index (χ3v) is 6.85. The minimum absolute atomic E-state index is 0.102. The van der Waals surface area contributed by atoms with Crippen molar-refractivity contribution in [3.8, 4) is 0 Å². The van der Waals surface area contributed by atoms with Crippen LogP contribution in [0.2, 0.25) is 0 Å². The number of ether oxygens (including phenoxy) is 2. The van der Waals surface area contributed by atoms with Crippen molar-refractivity contribution in [3.05, 3.63) is 34.9 Å². The van der Waals surface area contributed by atoms with Crippen molar-refractivity contribution < 1.29 is 28.7 Å². The summed E-state index contributed by atoms with van der Waals surface area (Å²) in [5, 5.41) is 2.22. The SMILES string of the molecule is NC1CCN(CCOCCOCCCc2cccc3c2C(=O)N(C2CCC(=O)NC2=O)C3=O)CC1. The number of rotatable bonds is 11. The summed E-state index contributed by atoms with van der Waals surface area (Å²) in [4.78, 5) is 53.1. The van der Waals surface area contributed by atoms with Crippen LogP contribution < -0.4 is 11.1 Å². The van der Waals surface area contributed by atoms with Crippen LogP contribution in [0.25, 0.3) is 0 Å². The zero-order valence-electron chi connectivity index (χ0n) is 20.0. The van der Waals surface area contributed by atoms with Crippen LogP contribution in [-0.2, 0) is 25.5 Å². The summed E-state index contributed by atoms with van der Waals surface area (Å²) in [5.74, 6) is -1.95. The van der Waals surface area contributed by atoms with Gasteiger partial charge < -0.3 is 20.1 Å². The smallest absolute Gasteiger partial charge is 0.262 e. The van der Waals surface area contributed by atoms with Crippen LogP contribution in [0.1, 0.15) is 58.4 Å². The number of amides is 4. The summed E-state index contributed by atoms with van der Waals surface area (Å²) in [7, 11) is 0. The van der Waals surface area contributed by atoms with Crippen molar-refractivity contribution in [2.45, 2.75) is 50.6 Å². The summed E-state index contributed by atoms with van der Waals surface area (Å²) >= 11 is 0. The number of hydrogen-bond donors (Lipinski definition) is 2. The average Bonchev–Trinajstić information content (AvgIpc) is 3.10. The third-order valence-electron chi connectivity index (χ3n) is 6.85. The average molecular weight is 487 g/mol. The highest BCUT2D eigenvalue weighted by atomic mass is 16.5. The Bertz CT molecular complexity index is 959. The highest BCUT2D eigenvalue weighted by Gasteiger charge is 2.45. The third kappa shape index (κ3) is 6.13. The van der Waals surface area contributed by atoms with Gasteiger partial charge in [0.2, 0.25) is 11.8 Å². The molecular weight excluding hydrogens is 452 g/mol. The number of hydrogen-bond acceptors (Lipinski definition) is 8. The number of aryl methyl sites for hydroxylation is 1. The maximum absolute atomic E-state index is 13.1. The van der Waals surface area contributed by atoms with Gasteiger partial charge in [-0.15, -0.1) is 0 Å². The summed E-state index contributed by atoms with van der Waals surface area (Å²) in [6.45, 7) is 5.19. The first kappa shape index (κ1) is 25.4. The van der Waals surface area contributed by atoms with E-state index in [0.717, 1.165) is 42.9 Å². The maximum atomic E-state index is 13.1. The minimum Gasteiger partial charge on any atom is -0.379 e. The number of benzene rings is 1. The van der Waals surface area contributed by atoms with Crippen molar-refractivity contribution in [2.75, 3.05) is 46.1 Å². The predicted octanol–water partition coefficient (Wildman–Crippen LogP) is 0.477. The molecule has 0 radical (unpaired) electrons. The Hall–Kier alpha value is -2.66. The number of imide groups is 2. The van der Waals surface area contributed by atoms with E-state index in [4.69, 9.17) is 15.2 Å². The van der Waals surface area contributed by atoms with Gasteiger partial charge in [0.25, 0.3) is 11.8 Å². The first-order chi connectivity index (χ1) is 17.0. The highest BCUT2D eigenvalue weighted by Crippen LogP contribution is 2.30. The largest absolute Gasteiger partial charge is 0.379 e. The number of nitrogens with zero attached hydrogens (tertiary/aromatic N) is 2. The highest BCUT2D eigenvalue weighted by molar-refractivity contribution is 6.24. The Labute approximate surface area is 205 Å². The molecule has 0 spiro atoms. The molecule has 35 heavy (non-hydrogen) atoms. The lowest BCUT2D eigenvalue weighted by molar-refractivity contribution is -0.136. The monoisotopic (exact) mass is 486 g/mol. The van der Waals surface area contributed by atoms with E-state index in [9.17, 15) is 19.2 Å². The molecule has 190 valence electrons. The molecule has 1 aromatic carbocycles. The molecule has 10 heteroatoms. The molecule has 3 N–H and O–H groups in total. The molecule has 1 aromatic rings. The minimum atomic E-state index is -0.955. The van der Waals surface area contributed by atoms with Crippen LogP contribution in [0.5, 0.6) is 0 Å². The molecule has 4 amide bonds. The fraction of sp³-hybridized carbons (Fsp3) is 0.600. The van der Waals surface area contributed by atoms with Crippen molar-refractivity contribution in [3.63, 3.8) is 0 Å². The van der Waals surface area contributed by atoms with E-state index in [1.807, 2.05) is 6.07 Å². The zero-order chi connectivity index (χ0) is 24.8. The number of fused-ring (bicyclic) bond motifs is 1. The second kappa shape index (κ2) is 11.9. The number of carbonyl (C=O) groups excluding carboxylic acids is 4. The van der Waals surface area contributed by atoms with Gasteiger partial charge in [0, 0.05) is 25.6 Å². The Kier molecular flexibility index (Phi) is 8.61. The number of likely N-dealkylation sites (tertiary alicyclic amines) is 1. The first-order valence-electron chi connectivity index (χ1n) is 12.4. The fourth-order valence-corrected chi connectivity index (χ4v) is 4.85. The van der Waals surface area contributed by atoms with Gasteiger partial charge in [0.15, 0.2) is 0 Å². The molecule has 0 aromatic heterocycles. The van der Waals surface area contributed by atoms with Gasteiger partial charge in [-0.25, -0.2) is 0 Å². The lowest BCUT2D eigenvalue weighted by Crippen LogP contribution is -2.54. The quantitative estimate of drug-likeness (QED) is 0.341. The van der Waals surface area contributed by atoms with Crippen LogP contribution in [0, 0.1) is 0 Å². The van der Waals surface area contributed by atoms with E-state index in [0.29, 0.717) is 56.4 Å². The van der Waals surface area contributed by atoms with E-state index in [1.54, 1.807) is 12.1 Å². The van der Waals surface area contributed by atoms with Crippen LogP contribution >= 0.6 is 0 Å². The van der Waals surface area contributed by atoms with E-state index in [-0.39, 0.29) is 18.7 Å². The van der Waals surface area contributed by atoms with Crippen molar-refractivity contribution in [1.82, 2.24) is 15.1 Å². The maximum Gasteiger partial charge on any atom is 0.262 e. The lowest BCUT2D eigenvalue weighted by atomic mass is 9.99. The van der Waals surface area contributed by atoms with Crippen LogP contribution in [0.3, 0.4) is 0 Å². The second-order valence-corrected chi connectivity index (χ2v) is 9.29. The molecule has 0 aliphatic carbocycles. The van der Waals surface area contributed by atoms with Crippen molar-refractivity contribution in [1.29, 1.82) is 0 Å². The number of carbonyl (C=O) groups is 4. The Morgan fingerprint density at radius 1 is 0.943 bits per heavy atom. The second-order valence-electron chi connectivity index (χ2n) is 9.29. The number of nitrogens with one attached hydrogen (secondary N) is 1. The van der Waals surface area contributed by atoms with Crippen LogP contribution in [0.4, 0.5) is 0 Å². The first-order valence-corrected chi connectivity index (χ1v) is 12.4. The Morgan fingerprint density at radius 3 is 2.43 bits per heavy atom. The van der Waals surface area contributed by atoms with Gasteiger partial charge in [-0.3, -0.25) is 29.4 Å². The van der Waals surface area contributed by atoms with Crippen molar-refractivity contribution >= 4 is 23.6 Å². The molecule has 3 heterocycles. The van der Waals surface area contributed by atoms with E-state index < -0.39 is 23.8 Å². The van der Waals surface area contributed by atoms with E-state index in [2.05, 4.69) is 10.2 Å². The molecule has 10 nitrogen and oxygen atoms in total. The standard InChI is InChI=1S/C25H34N4O6/c26-18-8-10-28(11-9-18)12-14-35-16-15-34-13-2-4-17-3-1-5-19-22(17)25(33)29(24(19)32)20-6-7-21(30)27-23(20)31/h1,3,5,18,20H,2,4,6-16,26H2,(H,27,30,31). The molecule has 3 aliphatic rings. The van der Waals surface area contributed by atoms with E-state index >= 15 is 0 Å². The number of piperidine rings is 2. The summed E-state index contributed by atoms with van der Waals surface area (Å²) in [5.41, 5.74) is 7.34. The van der Waals surface area contributed by atoms with Gasteiger partial charge in [-0.2, -0.15) is 0 Å². The Balaban J connectivity index is 1.18. The van der Waals surface area contributed by atoms with Crippen LogP contribution in [-0.4, -0.2) is 91.6 Å². The fourth-order valence-electron chi connectivity index (χ4n) is 4.85. The summed E-state index contributed by atoms with van der Waals surface area (Å²) in [6, 6.07) is 4.56. The molecule has 0 saturated carbocycles. The normalized spacial score (nSPS) is 21.5. The molecule has 2 saturated heterocycles. The topological polar surface area (TPSA) is 131 Å². The zero-order valence-corrected chi connectivity index (χ0v) is 20.0. The van der Waals surface area contributed by atoms with Gasteiger partial charge >= 0.3 is 0 Å². The predicted molar refractivity (Wildman–Crippen MR) is 127 cm³/mol. The van der Waals surface area contributed by atoms with Crippen LogP contribution in [0.15, 0.2) is 18.2 Å². The van der Waals surface area contributed by atoms with Gasteiger partial charge in [-0.05, 0) is 56.8 Å². The van der Waals surface area contributed by atoms with Gasteiger partial charge in [-0.1, -0.05) is 12.1 Å². The Morgan fingerprint density at radius 2 is 1.69 bits per heavy atom. The van der Waals surface area contributed by atoms with Gasteiger partial charge in [0.05, 0.1) is 30.9 Å². The number of nitrogens with two attached hydrogens (primary N) is 1. The molecule has 4 rings (SSSR count). The molecule has 3 aliphatic heterocycles. The lowest BCUT2D eigenvalue weighted by Gasteiger charge is -2.29. The van der Waals surface area contributed by atoms with Crippen molar-refractivity contribution in [2.24, 2.45) is 5.73 Å².